The van der Waals surface area contributed by atoms with Gasteiger partial charge in [-0.1, -0.05) is 48.5 Å². The van der Waals surface area contributed by atoms with Crippen molar-refractivity contribution in [3.05, 3.63) is 90.0 Å². The van der Waals surface area contributed by atoms with Gasteiger partial charge >= 0.3 is 0 Å². The van der Waals surface area contributed by atoms with Crippen molar-refractivity contribution in [1.82, 2.24) is 8.69 Å². The van der Waals surface area contributed by atoms with Crippen LogP contribution in [0.25, 0.3) is 10.9 Å². The number of nitrogens with zero attached hydrogens (tertiary/aromatic N) is 1. The lowest BCUT2D eigenvalue weighted by Gasteiger charge is -2.14. The predicted molar refractivity (Wildman–Crippen MR) is 137 cm³/mol. The predicted octanol–water partition coefficient (Wildman–Crippen LogP) is 3.11. The Morgan fingerprint density at radius 2 is 1.49 bits per heavy atom. The molecule has 8 nitrogen and oxygen atoms in total. The number of hydrogen-bond acceptors (Lipinski definition) is 6. The Labute approximate surface area is 205 Å². The number of para-hydroxylation sites is 1. The van der Waals surface area contributed by atoms with Gasteiger partial charge in [0.2, 0.25) is 0 Å². The van der Waals surface area contributed by atoms with Crippen LogP contribution in [0.2, 0.25) is 0 Å². The molecule has 0 spiro atoms. The van der Waals surface area contributed by atoms with E-state index in [0.717, 1.165) is 15.2 Å². The number of sulfonamides is 1. The monoisotopic (exact) mass is 513 g/mol. The summed E-state index contributed by atoms with van der Waals surface area (Å²) in [6, 6.07) is 22.0. The van der Waals surface area contributed by atoms with Gasteiger partial charge in [-0.15, -0.1) is 0 Å². The second-order valence-electron chi connectivity index (χ2n) is 8.02. The third-order valence-electron chi connectivity index (χ3n) is 5.67. The van der Waals surface area contributed by atoms with Crippen LogP contribution < -0.4 is 10.0 Å². The summed E-state index contributed by atoms with van der Waals surface area (Å²) < 4.78 is 57.6. The van der Waals surface area contributed by atoms with Gasteiger partial charge in [0, 0.05) is 24.2 Å². The van der Waals surface area contributed by atoms with Crippen molar-refractivity contribution in [2.75, 3.05) is 25.0 Å². The van der Waals surface area contributed by atoms with Crippen LogP contribution in [0.5, 0.6) is 0 Å². The van der Waals surface area contributed by atoms with Gasteiger partial charge in [-0.2, -0.15) is 0 Å². The number of aliphatic hydroxyl groups is 1. The summed E-state index contributed by atoms with van der Waals surface area (Å²) in [6.45, 7) is 2.18. The molecule has 0 atom stereocenters. The van der Waals surface area contributed by atoms with Crippen molar-refractivity contribution in [2.24, 2.45) is 0 Å². The van der Waals surface area contributed by atoms with Crippen LogP contribution >= 0.6 is 0 Å². The zero-order valence-electron chi connectivity index (χ0n) is 19.2. The number of aromatic nitrogens is 1. The number of benzene rings is 3. The van der Waals surface area contributed by atoms with Crippen molar-refractivity contribution in [3.8, 4) is 0 Å². The van der Waals surface area contributed by atoms with E-state index in [2.05, 4.69) is 10.0 Å². The van der Waals surface area contributed by atoms with Crippen LogP contribution in [-0.2, 0) is 26.5 Å². The Bertz CT molecular complexity index is 1530. The molecular weight excluding hydrogens is 486 g/mol. The van der Waals surface area contributed by atoms with Crippen LogP contribution in [0.3, 0.4) is 0 Å². The maximum absolute atomic E-state index is 13.6. The minimum Gasteiger partial charge on any atom is -0.395 e. The van der Waals surface area contributed by atoms with Gasteiger partial charge in [-0.05, 0) is 54.8 Å². The zero-order chi connectivity index (χ0) is 25.1. The van der Waals surface area contributed by atoms with Gasteiger partial charge < -0.3 is 10.4 Å². The van der Waals surface area contributed by atoms with Gasteiger partial charge in [0.1, 0.15) is 0 Å². The topological polar surface area (TPSA) is 118 Å². The Morgan fingerprint density at radius 3 is 2.17 bits per heavy atom. The third kappa shape index (κ3) is 5.10. The molecular formula is C25H27N3O5S2. The van der Waals surface area contributed by atoms with Crippen molar-refractivity contribution in [2.45, 2.75) is 23.3 Å². The maximum Gasteiger partial charge on any atom is 0.269 e. The first-order chi connectivity index (χ1) is 16.8. The molecule has 1 aromatic heterocycles. The van der Waals surface area contributed by atoms with Crippen molar-refractivity contribution in [3.63, 3.8) is 0 Å². The maximum atomic E-state index is 13.6. The van der Waals surface area contributed by atoms with Gasteiger partial charge in [-0.25, -0.2) is 25.5 Å². The van der Waals surface area contributed by atoms with E-state index in [1.165, 1.54) is 12.1 Å². The van der Waals surface area contributed by atoms with Crippen molar-refractivity contribution in [1.29, 1.82) is 0 Å². The zero-order valence-corrected chi connectivity index (χ0v) is 20.8. The molecule has 3 N–H and O–H groups in total. The van der Waals surface area contributed by atoms with Crippen LogP contribution in [-0.4, -0.2) is 45.6 Å². The Morgan fingerprint density at radius 1 is 0.829 bits per heavy atom. The fraction of sp³-hybridized carbons (Fsp3) is 0.200. The highest BCUT2D eigenvalue weighted by Gasteiger charge is 2.32. The lowest BCUT2D eigenvalue weighted by molar-refractivity contribution is 0.311. The van der Waals surface area contributed by atoms with E-state index in [9.17, 15) is 16.8 Å². The van der Waals surface area contributed by atoms with Gasteiger partial charge in [0.15, 0.2) is 5.03 Å². The quantitative estimate of drug-likeness (QED) is 0.300. The molecule has 0 aliphatic rings. The number of aryl methyl sites for hydroxylation is 1. The Hall–Kier alpha value is -3.18. The number of hydrogen-bond donors (Lipinski definition) is 3. The number of anilines is 1. The summed E-state index contributed by atoms with van der Waals surface area (Å²) in [6.07, 6.45) is 0.421. The molecule has 35 heavy (non-hydrogen) atoms. The minimum absolute atomic E-state index is 0.00657. The number of aliphatic hydroxyl groups excluding tert-OH is 1. The molecule has 4 aromatic rings. The van der Waals surface area contributed by atoms with E-state index in [4.69, 9.17) is 5.11 Å². The molecule has 0 bridgehead atoms. The third-order valence-corrected chi connectivity index (χ3v) is 9.09. The van der Waals surface area contributed by atoms with Gasteiger partial charge in [0.05, 0.1) is 17.0 Å². The molecule has 3 aromatic carbocycles. The molecule has 0 aliphatic heterocycles. The average Bonchev–Trinajstić information content (AvgIpc) is 3.18. The largest absolute Gasteiger partial charge is 0.395 e. The highest BCUT2D eigenvalue weighted by molar-refractivity contribution is 7.92. The molecule has 0 saturated carbocycles. The summed E-state index contributed by atoms with van der Waals surface area (Å²) in [4.78, 5) is 0.00657. The summed E-state index contributed by atoms with van der Waals surface area (Å²) in [5.41, 5.74) is 2.44. The van der Waals surface area contributed by atoms with Gasteiger partial charge in [-0.3, -0.25) is 0 Å². The molecule has 0 unspecified atom stereocenters. The van der Waals surface area contributed by atoms with E-state index in [1.807, 2.05) is 24.3 Å². The fourth-order valence-corrected chi connectivity index (χ4v) is 7.39. The SMILES string of the molecule is Cc1c(S(=O)(=O)NCCc2ccc(NCCO)cc2)n(S(=O)(=O)c2ccccc2)c2ccccc12. The first-order valence-corrected chi connectivity index (χ1v) is 14.0. The van der Waals surface area contributed by atoms with Crippen molar-refractivity contribution >= 4 is 36.6 Å². The highest BCUT2D eigenvalue weighted by atomic mass is 32.2. The molecule has 0 amide bonds. The normalized spacial score (nSPS) is 12.2. The number of fused-ring (bicyclic) bond motifs is 1. The highest BCUT2D eigenvalue weighted by Crippen LogP contribution is 2.32. The summed E-state index contributed by atoms with van der Waals surface area (Å²) in [7, 11) is -8.35. The van der Waals surface area contributed by atoms with Crippen LogP contribution in [0.15, 0.2) is 88.8 Å². The molecule has 4 rings (SSSR count). The molecule has 10 heteroatoms. The lowest BCUT2D eigenvalue weighted by atomic mass is 10.1. The lowest BCUT2D eigenvalue weighted by Crippen LogP contribution is -2.30. The molecule has 0 radical (unpaired) electrons. The smallest absolute Gasteiger partial charge is 0.269 e. The second kappa shape index (κ2) is 10.2. The molecule has 0 saturated heterocycles. The van der Waals surface area contributed by atoms with Crippen molar-refractivity contribution < 1.29 is 21.9 Å². The van der Waals surface area contributed by atoms with E-state index < -0.39 is 20.0 Å². The number of nitrogens with one attached hydrogen (secondary N) is 2. The molecule has 0 fully saturated rings. The molecule has 0 aliphatic carbocycles. The first-order valence-electron chi connectivity index (χ1n) is 11.1. The van der Waals surface area contributed by atoms with Crippen LogP contribution in [0.1, 0.15) is 11.1 Å². The summed E-state index contributed by atoms with van der Waals surface area (Å²) in [5.74, 6) is 0. The summed E-state index contributed by atoms with van der Waals surface area (Å²) in [5, 5.41) is 12.2. The van der Waals surface area contributed by atoms with E-state index >= 15 is 0 Å². The van der Waals surface area contributed by atoms with E-state index in [0.29, 0.717) is 29.4 Å². The summed E-state index contributed by atoms with van der Waals surface area (Å²) >= 11 is 0. The van der Waals surface area contributed by atoms with Crippen LogP contribution in [0.4, 0.5) is 5.69 Å². The standard InChI is InChI=1S/C25H27N3O5S2/c1-19-23-9-5-6-10-24(23)28(35(32,33)22-7-3-2-4-8-22)25(19)34(30,31)27-16-15-20-11-13-21(14-12-20)26-17-18-29/h2-14,26-27,29H,15-18H2,1H3. The molecule has 1 heterocycles. The van der Waals surface area contributed by atoms with Crippen LogP contribution in [0, 0.1) is 6.92 Å². The Kier molecular flexibility index (Phi) is 7.27. The number of rotatable bonds is 10. The fourth-order valence-electron chi connectivity index (χ4n) is 3.98. The molecule has 184 valence electrons. The van der Waals surface area contributed by atoms with E-state index in [-0.39, 0.29) is 23.1 Å². The van der Waals surface area contributed by atoms with E-state index in [1.54, 1.807) is 49.4 Å². The first kappa shape index (κ1) is 24.9. The average molecular weight is 514 g/mol. The van der Waals surface area contributed by atoms with Gasteiger partial charge in [0.25, 0.3) is 20.0 Å². The second-order valence-corrected chi connectivity index (χ2v) is 11.5. The minimum atomic E-state index is -4.18. The Balaban J connectivity index is 1.66.